The van der Waals surface area contributed by atoms with Crippen molar-refractivity contribution in [2.75, 3.05) is 5.75 Å². The fraction of sp³-hybridized carbons (Fsp3) is 0.190. The van der Waals surface area contributed by atoms with E-state index in [9.17, 15) is 14.4 Å². The second kappa shape index (κ2) is 8.60. The first-order valence-corrected chi connectivity index (χ1v) is 10.4. The number of nitrogens with one attached hydrogen (secondary N) is 1. The van der Waals surface area contributed by atoms with Crippen LogP contribution in [0.2, 0.25) is 0 Å². The molecule has 158 valence electrons. The maximum atomic E-state index is 12.8. The maximum absolute atomic E-state index is 12.8. The van der Waals surface area contributed by atoms with Gasteiger partial charge in [0.2, 0.25) is 5.91 Å². The molecule has 0 saturated heterocycles. The Morgan fingerprint density at radius 2 is 1.84 bits per heavy atom. The van der Waals surface area contributed by atoms with Gasteiger partial charge in [-0.2, -0.15) is 0 Å². The molecule has 3 aromatic heterocycles. The molecule has 0 aliphatic heterocycles. The van der Waals surface area contributed by atoms with Crippen LogP contribution >= 0.6 is 11.8 Å². The van der Waals surface area contributed by atoms with E-state index in [2.05, 4.69) is 15.3 Å². The average molecular weight is 437 g/mol. The number of hydrogen-bond donors (Lipinski definition) is 1. The first-order chi connectivity index (χ1) is 15.0. The molecule has 4 aromatic rings. The topological polar surface area (TPSA) is 112 Å². The highest BCUT2D eigenvalue weighted by atomic mass is 32.2. The van der Waals surface area contributed by atoms with Gasteiger partial charge in [-0.1, -0.05) is 42.1 Å². The molecule has 0 atom stereocenters. The van der Waals surface area contributed by atoms with Gasteiger partial charge in [-0.3, -0.25) is 18.7 Å². The number of carbonyl (C=O) groups is 1. The first kappa shape index (κ1) is 20.6. The molecule has 31 heavy (non-hydrogen) atoms. The maximum Gasteiger partial charge on any atom is 0.332 e. The van der Waals surface area contributed by atoms with Gasteiger partial charge in [-0.05, 0) is 17.7 Å². The summed E-state index contributed by atoms with van der Waals surface area (Å²) in [6.45, 7) is 0.401. The molecule has 1 aromatic carbocycles. The summed E-state index contributed by atoms with van der Waals surface area (Å²) in [5.74, 6) is 0.461. The Kier molecular flexibility index (Phi) is 5.72. The molecule has 0 aliphatic carbocycles. The molecule has 10 heteroatoms. The van der Waals surface area contributed by atoms with Crippen molar-refractivity contribution in [2.24, 2.45) is 14.1 Å². The number of rotatable bonds is 6. The Hall–Kier alpha value is -3.66. The second-order valence-corrected chi connectivity index (χ2v) is 7.75. The molecule has 0 bridgehead atoms. The van der Waals surface area contributed by atoms with Crippen molar-refractivity contribution in [1.82, 2.24) is 24.4 Å². The Morgan fingerprint density at radius 1 is 1.06 bits per heavy atom. The van der Waals surface area contributed by atoms with Gasteiger partial charge >= 0.3 is 5.69 Å². The lowest BCUT2D eigenvalue weighted by atomic mass is 10.2. The number of thioether (sulfide) groups is 1. The van der Waals surface area contributed by atoms with Gasteiger partial charge < -0.3 is 9.73 Å². The van der Waals surface area contributed by atoms with Gasteiger partial charge in [0.15, 0.2) is 17.2 Å². The molecule has 4 rings (SSSR count). The Bertz CT molecular complexity index is 1360. The van der Waals surface area contributed by atoms with E-state index in [-0.39, 0.29) is 28.5 Å². The summed E-state index contributed by atoms with van der Waals surface area (Å²) in [5.41, 5.74) is 0.147. The zero-order chi connectivity index (χ0) is 22.0. The van der Waals surface area contributed by atoms with E-state index in [4.69, 9.17) is 4.42 Å². The van der Waals surface area contributed by atoms with Gasteiger partial charge in [0, 0.05) is 20.6 Å². The smallest absolute Gasteiger partial charge is 0.332 e. The van der Waals surface area contributed by atoms with Gasteiger partial charge in [-0.25, -0.2) is 14.8 Å². The fourth-order valence-electron chi connectivity index (χ4n) is 3.03. The van der Waals surface area contributed by atoms with Crippen LogP contribution in [-0.2, 0) is 25.4 Å². The number of furan rings is 1. The third-order valence-corrected chi connectivity index (χ3v) is 5.66. The number of hydrogen-bond acceptors (Lipinski definition) is 7. The first-order valence-electron chi connectivity index (χ1n) is 9.40. The van der Waals surface area contributed by atoms with Crippen LogP contribution in [0.4, 0.5) is 0 Å². The van der Waals surface area contributed by atoms with Crippen LogP contribution in [0.25, 0.3) is 22.6 Å². The predicted octanol–water partition coefficient (Wildman–Crippen LogP) is 1.70. The molecule has 0 saturated carbocycles. The van der Waals surface area contributed by atoms with E-state index in [0.717, 1.165) is 21.9 Å². The summed E-state index contributed by atoms with van der Waals surface area (Å²) in [6.07, 6.45) is 1.48. The minimum atomic E-state index is -0.517. The number of fused-ring (bicyclic) bond motifs is 1. The van der Waals surface area contributed by atoms with Crippen molar-refractivity contribution >= 4 is 28.7 Å². The molecular weight excluding hydrogens is 418 g/mol. The summed E-state index contributed by atoms with van der Waals surface area (Å²) < 4.78 is 7.66. The second-order valence-electron chi connectivity index (χ2n) is 6.79. The summed E-state index contributed by atoms with van der Waals surface area (Å²) >= 11 is 1.11. The zero-order valence-corrected chi connectivity index (χ0v) is 17.7. The molecule has 1 amide bonds. The number of aryl methyl sites for hydroxylation is 1. The SMILES string of the molecule is Cn1c(=O)c2c(SCC(=O)NCc3ccccc3)nc(-c3ccco3)nc2n(C)c1=O. The Morgan fingerprint density at radius 3 is 2.55 bits per heavy atom. The summed E-state index contributed by atoms with van der Waals surface area (Å²) in [5, 5.41) is 3.33. The molecular formula is C21H19N5O4S. The van der Waals surface area contributed by atoms with Crippen LogP contribution in [0.3, 0.4) is 0 Å². The van der Waals surface area contributed by atoms with Crippen molar-refractivity contribution in [3.8, 4) is 11.6 Å². The molecule has 0 fully saturated rings. The lowest BCUT2D eigenvalue weighted by Crippen LogP contribution is -2.37. The number of carbonyl (C=O) groups excluding carboxylic acids is 1. The van der Waals surface area contributed by atoms with E-state index >= 15 is 0 Å². The molecule has 0 spiro atoms. The minimum absolute atomic E-state index is 0.0442. The van der Waals surface area contributed by atoms with Crippen LogP contribution in [0.1, 0.15) is 5.56 Å². The highest BCUT2D eigenvalue weighted by molar-refractivity contribution is 8.00. The molecule has 0 unspecified atom stereocenters. The monoisotopic (exact) mass is 437 g/mol. The van der Waals surface area contributed by atoms with Crippen LogP contribution in [0.5, 0.6) is 0 Å². The van der Waals surface area contributed by atoms with Crippen molar-refractivity contribution in [3.05, 3.63) is 75.1 Å². The summed E-state index contributed by atoms with van der Waals surface area (Å²) in [7, 11) is 2.93. The molecule has 1 N–H and O–H groups in total. The van der Waals surface area contributed by atoms with E-state index in [1.54, 1.807) is 12.1 Å². The minimum Gasteiger partial charge on any atom is -0.461 e. The van der Waals surface area contributed by atoms with Crippen molar-refractivity contribution < 1.29 is 9.21 Å². The third-order valence-electron chi connectivity index (χ3n) is 4.68. The Labute approximate surface area is 180 Å². The van der Waals surface area contributed by atoms with Gasteiger partial charge in [0.1, 0.15) is 10.4 Å². The molecule has 0 aliphatic rings. The summed E-state index contributed by atoms with van der Waals surface area (Å²) in [6, 6.07) is 12.9. The lowest BCUT2D eigenvalue weighted by Gasteiger charge is -2.11. The Balaban J connectivity index is 1.68. The van der Waals surface area contributed by atoms with Crippen LogP contribution < -0.4 is 16.6 Å². The van der Waals surface area contributed by atoms with Crippen molar-refractivity contribution in [2.45, 2.75) is 11.6 Å². The van der Waals surface area contributed by atoms with E-state index in [1.165, 1.54) is 24.9 Å². The number of amides is 1. The number of benzene rings is 1. The van der Waals surface area contributed by atoms with Crippen LogP contribution in [0.15, 0.2) is 67.8 Å². The van der Waals surface area contributed by atoms with Crippen LogP contribution in [-0.4, -0.2) is 30.8 Å². The zero-order valence-electron chi connectivity index (χ0n) is 16.9. The van der Waals surface area contributed by atoms with E-state index in [0.29, 0.717) is 17.3 Å². The molecule has 3 heterocycles. The number of aromatic nitrogens is 4. The fourth-order valence-corrected chi connectivity index (χ4v) is 3.87. The normalized spacial score (nSPS) is 11.0. The summed E-state index contributed by atoms with van der Waals surface area (Å²) in [4.78, 5) is 46.4. The van der Waals surface area contributed by atoms with Crippen molar-refractivity contribution in [3.63, 3.8) is 0 Å². The lowest BCUT2D eigenvalue weighted by molar-refractivity contribution is -0.118. The van der Waals surface area contributed by atoms with E-state index in [1.807, 2.05) is 30.3 Å². The highest BCUT2D eigenvalue weighted by Crippen LogP contribution is 2.26. The largest absolute Gasteiger partial charge is 0.461 e. The van der Waals surface area contributed by atoms with E-state index < -0.39 is 11.2 Å². The van der Waals surface area contributed by atoms with Gasteiger partial charge in [0.25, 0.3) is 5.56 Å². The average Bonchev–Trinajstić information content (AvgIpc) is 3.33. The molecule has 9 nitrogen and oxygen atoms in total. The standard InChI is InChI=1S/C21H19N5O4S/c1-25-18-16(20(28)26(2)21(25)29)19(24-17(23-18)14-9-6-10-30-14)31-12-15(27)22-11-13-7-4-3-5-8-13/h3-10H,11-12H2,1-2H3,(H,22,27). The number of nitrogens with zero attached hydrogens (tertiary/aromatic N) is 4. The van der Waals surface area contributed by atoms with Gasteiger partial charge in [0.05, 0.1) is 12.0 Å². The highest BCUT2D eigenvalue weighted by Gasteiger charge is 2.19. The van der Waals surface area contributed by atoms with Crippen LogP contribution in [0, 0.1) is 0 Å². The quantitative estimate of drug-likeness (QED) is 0.361. The third kappa shape index (κ3) is 4.15. The van der Waals surface area contributed by atoms with Gasteiger partial charge in [-0.15, -0.1) is 0 Å². The predicted molar refractivity (Wildman–Crippen MR) is 117 cm³/mol. The van der Waals surface area contributed by atoms with Crippen molar-refractivity contribution in [1.29, 1.82) is 0 Å². The molecule has 0 radical (unpaired) electrons.